The van der Waals surface area contributed by atoms with Gasteiger partial charge in [-0.3, -0.25) is 0 Å². The molecule has 23 heavy (non-hydrogen) atoms. The highest BCUT2D eigenvalue weighted by atomic mass is 16.3. The standard InChI is InChI=1S/C19H19N3O/c1-11-6-4-5-7-14(11)16-10-17(22-19(20)21-16)15-8-12(2)13(3)9-18(15)23/h4-10,23H,1-3H3,(H2,20,21,22). The van der Waals surface area contributed by atoms with Gasteiger partial charge in [0, 0.05) is 11.1 Å². The van der Waals surface area contributed by atoms with E-state index in [0.717, 1.165) is 27.9 Å². The highest BCUT2D eigenvalue weighted by molar-refractivity contribution is 5.74. The summed E-state index contributed by atoms with van der Waals surface area (Å²) in [5, 5.41) is 10.3. The maximum Gasteiger partial charge on any atom is 0.221 e. The Kier molecular flexibility index (Phi) is 3.74. The van der Waals surface area contributed by atoms with Crippen LogP contribution in [0.2, 0.25) is 0 Å². The molecule has 3 aromatic rings. The number of hydrogen-bond donors (Lipinski definition) is 2. The molecule has 3 rings (SSSR count). The minimum Gasteiger partial charge on any atom is -0.507 e. The second-order valence-corrected chi connectivity index (χ2v) is 5.77. The van der Waals surface area contributed by atoms with Crippen molar-refractivity contribution < 1.29 is 5.11 Å². The maximum absolute atomic E-state index is 10.3. The van der Waals surface area contributed by atoms with Crippen LogP contribution in [0.25, 0.3) is 22.5 Å². The summed E-state index contributed by atoms with van der Waals surface area (Å²) in [4.78, 5) is 8.64. The summed E-state index contributed by atoms with van der Waals surface area (Å²) in [7, 11) is 0. The number of nitrogens with zero attached hydrogens (tertiary/aromatic N) is 2. The third kappa shape index (κ3) is 2.88. The largest absolute Gasteiger partial charge is 0.507 e. The van der Waals surface area contributed by atoms with Crippen molar-refractivity contribution in [2.24, 2.45) is 0 Å². The topological polar surface area (TPSA) is 72.0 Å². The first kappa shape index (κ1) is 15.0. The van der Waals surface area contributed by atoms with E-state index in [1.54, 1.807) is 6.07 Å². The van der Waals surface area contributed by atoms with Gasteiger partial charge in [0.2, 0.25) is 5.95 Å². The fraction of sp³-hybridized carbons (Fsp3) is 0.158. The molecule has 0 radical (unpaired) electrons. The van der Waals surface area contributed by atoms with Gasteiger partial charge in [-0.1, -0.05) is 24.3 Å². The van der Waals surface area contributed by atoms with E-state index < -0.39 is 0 Å². The molecule has 0 saturated carbocycles. The van der Waals surface area contributed by atoms with E-state index in [-0.39, 0.29) is 11.7 Å². The first-order valence-corrected chi connectivity index (χ1v) is 7.47. The molecular formula is C19H19N3O. The quantitative estimate of drug-likeness (QED) is 0.750. The number of phenols is 1. The summed E-state index contributed by atoms with van der Waals surface area (Å²) in [5.41, 5.74) is 12.2. The number of nitrogens with two attached hydrogens (primary N) is 1. The normalized spacial score (nSPS) is 10.7. The molecule has 0 spiro atoms. The van der Waals surface area contributed by atoms with Crippen LogP contribution in [0, 0.1) is 20.8 Å². The number of anilines is 1. The first-order valence-electron chi connectivity index (χ1n) is 7.47. The Bertz CT molecular complexity index is 888. The van der Waals surface area contributed by atoms with Crippen LogP contribution < -0.4 is 5.73 Å². The van der Waals surface area contributed by atoms with Crippen molar-refractivity contribution in [3.05, 3.63) is 59.2 Å². The molecule has 0 aliphatic heterocycles. The highest BCUT2D eigenvalue weighted by Crippen LogP contribution is 2.33. The lowest BCUT2D eigenvalue weighted by Gasteiger charge is -2.11. The van der Waals surface area contributed by atoms with Crippen LogP contribution in [-0.4, -0.2) is 15.1 Å². The molecule has 2 aromatic carbocycles. The Morgan fingerprint density at radius 2 is 1.39 bits per heavy atom. The molecule has 0 fully saturated rings. The van der Waals surface area contributed by atoms with E-state index in [4.69, 9.17) is 5.73 Å². The molecule has 0 atom stereocenters. The fourth-order valence-electron chi connectivity index (χ4n) is 2.61. The van der Waals surface area contributed by atoms with Gasteiger partial charge >= 0.3 is 0 Å². The van der Waals surface area contributed by atoms with E-state index in [0.29, 0.717) is 11.3 Å². The van der Waals surface area contributed by atoms with Crippen molar-refractivity contribution in [2.75, 3.05) is 5.73 Å². The molecule has 4 nitrogen and oxygen atoms in total. The Morgan fingerprint density at radius 3 is 2.09 bits per heavy atom. The number of benzene rings is 2. The van der Waals surface area contributed by atoms with Crippen molar-refractivity contribution in [3.8, 4) is 28.3 Å². The molecule has 116 valence electrons. The third-order valence-electron chi connectivity index (χ3n) is 4.05. The molecule has 4 heteroatoms. The molecule has 0 amide bonds. The van der Waals surface area contributed by atoms with Gasteiger partial charge in [0.15, 0.2) is 0 Å². The van der Waals surface area contributed by atoms with Gasteiger partial charge in [-0.15, -0.1) is 0 Å². The monoisotopic (exact) mass is 305 g/mol. The second kappa shape index (κ2) is 5.72. The van der Waals surface area contributed by atoms with Crippen molar-refractivity contribution in [1.82, 2.24) is 9.97 Å². The van der Waals surface area contributed by atoms with Crippen molar-refractivity contribution in [1.29, 1.82) is 0 Å². The molecule has 1 heterocycles. The molecule has 0 aliphatic rings. The number of nitrogen functional groups attached to an aromatic ring is 1. The molecule has 0 aliphatic carbocycles. The first-order chi connectivity index (χ1) is 11.0. The zero-order chi connectivity index (χ0) is 16.6. The van der Waals surface area contributed by atoms with Gasteiger partial charge < -0.3 is 10.8 Å². The summed E-state index contributed by atoms with van der Waals surface area (Å²) >= 11 is 0. The molecule has 3 N–H and O–H groups in total. The van der Waals surface area contributed by atoms with Gasteiger partial charge in [0.05, 0.1) is 11.4 Å². The zero-order valence-corrected chi connectivity index (χ0v) is 13.5. The zero-order valence-electron chi connectivity index (χ0n) is 13.5. The molecule has 1 aromatic heterocycles. The van der Waals surface area contributed by atoms with Crippen LogP contribution in [0.15, 0.2) is 42.5 Å². The lowest BCUT2D eigenvalue weighted by molar-refractivity contribution is 0.476. The van der Waals surface area contributed by atoms with Gasteiger partial charge in [0.1, 0.15) is 5.75 Å². The maximum atomic E-state index is 10.3. The summed E-state index contributed by atoms with van der Waals surface area (Å²) in [6.07, 6.45) is 0. The minimum atomic E-state index is 0.193. The summed E-state index contributed by atoms with van der Waals surface area (Å²) in [6, 6.07) is 13.5. The Labute approximate surface area is 135 Å². The average molecular weight is 305 g/mol. The Hall–Kier alpha value is -2.88. The van der Waals surface area contributed by atoms with Crippen molar-refractivity contribution in [2.45, 2.75) is 20.8 Å². The van der Waals surface area contributed by atoms with Gasteiger partial charge in [-0.25, -0.2) is 9.97 Å². The molecule has 0 unspecified atom stereocenters. The number of phenolic OH excluding ortho intramolecular Hbond substituents is 1. The number of hydrogen-bond acceptors (Lipinski definition) is 4. The molecule has 0 bridgehead atoms. The highest BCUT2D eigenvalue weighted by Gasteiger charge is 2.12. The summed E-state index contributed by atoms with van der Waals surface area (Å²) < 4.78 is 0. The Morgan fingerprint density at radius 1 is 0.783 bits per heavy atom. The second-order valence-electron chi connectivity index (χ2n) is 5.77. The number of aromatic nitrogens is 2. The summed E-state index contributed by atoms with van der Waals surface area (Å²) in [6.45, 7) is 6.00. The number of aryl methyl sites for hydroxylation is 3. The van der Waals surface area contributed by atoms with E-state index in [2.05, 4.69) is 9.97 Å². The smallest absolute Gasteiger partial charge is 0.221 e. The van der Waals surface area contributed by atoms with Gasteiger partial charge in [-0.05, 0) is 55.7 Å². The summed E-state index contributed by atoms with van der Waals surface area (Å²) in [5.74, 6) is 0.389. The predicted molar refractivity (Wildman–Crippen MR) is 93.2 cm³/mol. The van der Waals surface area contributed by atoms with E-state index in [1.165, 1.54) is 0 Å². The lowest BCUT2D eigenvalue weighted by Crippen LogP contribution is -2.00. The van der Waals surface area contributed by atoms with Crippen molar-refractivity contribution in [3.63, 3.8) is 0 Å². The van der Waals surface area contributed by atoms with Crippen LogP contribution in [0.4, 0.5) is 5.95 Å². The fourth-order valence-corrected chi connectivity index (χ4v) is 2.61. The van der Waals surface area contributed by atoms with E-state index in [9.17, 15) is 5.11 Å². The van der Waals surface area contributed by atoms with Crippen LogP contribution in [0.5, 0.6) is 5.75 Å². The third-order valence-corrected chi connectivity index (χ3v) is 4.05. The Balaban J connectivity index is 2.19. The van der Waals surface area contributed by atoms with Crippen LogP contribution in [0.3, 0.4) is 0 Å². The minimum absolute atomic E-state index is 0.193. The van der Waals surface area contributed by atoms with Crippen LogP contribution in [-0.2, 0) is 0 Å². The van der Waals surface area contributed by atoms with E-state index >= 15 is 0 Å². The van der Waals surface area contributed by atoms with E-state index in [1.807, 2.05) is 57.2 Å². The van der Waals surface area contributed by atoms with Gasteiger partial charge in [-0.2, -0.15) is 0 Å². The van der Waals surface area contributed by atoms with Crippen LogP contribution in [0.1, 0.15) is 16.7 Å². The van der Waals surface area contributed by atoms with Crippen molar-refractivity contribution >= 4 is 5.95 Å². The predicted octanol–water partition coefficient (Wildman–Crippen LogP) is 4.02. The SMILES string of the molecule is Cc1cc(O)c(-c2cc(-c3ccccc3C)nc(N)n2)cc1C. The van der Waals surface area contributed by atoms with Crippen LogP contribution >= 0.6 is 0 Å². The number of rotatable bonds is 2. The average Bonchev–Trinajstić information content (AvgIpc) is 2.50. The lowest BCUT2D eigenvalue weighted by atomic mass is 10.0. The number of aromatic hydroxyl groups is 1. The molecule has 0 saturated heterocycles. The van der Waals surface area contributed by atoms with Gasteiger partial charge in [0.25, 0.3) is 0 Å². The molecular weight excluding hydrogens is 286 g/mol.